The summed E-state index contributed by atoms with van der Waals surface area (Å²) in [6.45, 7) is 2.60. The van der Waals surface area contributed by atoms with Gasteiger partial charge in [-0.05, 0) is 12.0 Å². The van der Waals surface area contributed by atoms with Crippen LogP contribution >= 0.6 is 0 Å². The van der Waals surface area contributed by atoms with Crippen LogP contribution in [0.2, 0.25) is 0 Å². The van der Waals surface area contributed by atoms with Crippen LogP contribution in [0.15, 0.2) is 30.3 Å². The van der Waals surface area contributed by atoms with Crippen LogP contribution in [-0.2, 0) is 25.7 Å². The Morgan fingerprint density at radius 3 is 2.67 bits per heavy atom. The van der Waals surface area contributed by atoms with Crippen LogP contribution in [0.3, 0.4) is 0 Å². The molecular weight excluding hydrogens is 310 g/mol. The molecule has 1 aromatic rings. The number of unbranched alkanes of at least 4 members (excludes halogenated alkanes) is 1. The van der Waals surface area contributed by atoms with Crippen molar-refractivity contribution in [1.82, 2.24) is 4.90 Å². The second-order valence-corrected chi connectivity index (χ2v) is 5.76. The zero-order chi connectivity index (χ0) is 17.4. The van der Waals surface area contributed by atoms with Crippen LogP contribution in [0.5, 0.6) is 0 Å². The zero-order valence-electron chi connectivity index (χ0n) is 13.9. The van der Waals surface area contributed by atoms with Crippen LogP contribution in [-0.4, -0.2) is 41.9 Å². The number of rotatable bonds is 6. The highest BCUT2D eigenvalue weighted by atomic mass is 16.6. The Balaban J connectivity index is 1.94. The van der Waals surface area contributed by atoms with E-state index in [1.54, 1.807) is 0 Å². The number of ketones is 1. The van der Waals surface area contributed by atoms with E-state index in [1.807, 2.05) is 37.3 Å². The number of amides is 1. The first-order valence-electron chi connectivity index (χ1n) is 8.27. The fraction of sp³-hybridized carbons (Fsp3) is 0.500. The van der Waals surface area contributed by atoms with E-state index < -0.39 is 18.1 Å². The SMILES string of the molecule is CCCCOC(=O)C1CC(=O)CCN1C(=O)OCc1ccccc1. The van der Waals surface area contributed by atoms with Crippen molar-refractivity contribution in [2.24, 2.45) is 0 Å². The highest BCUT2D eigenvalue weighted by Gasteiger charge is 2.37. The number of likely N-dealkylation sites (tertiary alicyclic amines) is 1. The van der Waals surface area contributed by atoms with Gasteiger partial charge in [-0.2, -0.15) is 0 Å². The molecule has 6 heteroatoms. The summed E-state index contributed by atoms with van der Waals surface area (Å²) in [5.74, 6) is -0.576. The van der Waals surface area contributed by atoms with E-state index in [2.05, 4.69) is 0 Å². The van der Waals surface area contributed by atoms with Crippen LogP contribution in [0.1, 0.15) is 38.2 Å². The Kier molecular flexibility index (Phi) is 6.78. The van der Waals surface area contributed by atoms with Gasteiger partial charge in [-0.1, -0.05) is 43.7 Å². The number of carbonyl (C=O) groups is 3. The van der Waals surface area contributed by atoms with Crippen LogP contribution < -0.4 is 0 Å². The molecule has 1 aromatic carbocycles. The summed E-state index contributed by atoms with van der Waals surface area (Å²) in [6.07, 6.45) is 1.29. The van der Waals surface area contributed by atoms with E-state index in [-0.39, 0.29) is 31.8 Å². The van der Waals surface area contributed by atoms with Crippen molar-refractivity contribution in [3.8, 4) is 0 Å². The van der Waals surface area contributed by atoms with Gasteiger partial charge in [-0.25, -0.2) is 9.59 Å². The summed E-state index contributed by atoms with van der Waals surface area (Å²) in [5.41, 5.74) is 0.862. The zero-order valence-corrected chi connectivity index (χ0v) is 13.9. The molecule has 1 atom stereocenters. The number of hydrogen-bond donors (Lipinski definition) is 0. The lowest BCUT2D eigenvalue weighted by molar-refractivity contribution is -0.152. The van der Waals surface area contributed by atoms with Gasteiger partial charge in [0.15, 0.2) is 0 Å². The van der Waals surface area contributed by atoms with E-state index in [9.17, 15) is 14.4 Å². The number of esters is 1. The van der Waals surface area contributed by atoms with Gasteiger partial charge in [0.25, 0.3) is 0 Å². The average molecular weight is 333 g/mol. The van der Waals surface area contributed by atoms with Crippen molar-refractivity contribution in [3.05, 3.63) is 35.9 Å². The summed E-state index contributed by atoms with van der Waals surface area (Å²) in [4.78, 5) is 37.5. The largest absolute Gasteiger partial charge is 0.464 e. The van der Waals surface area contributed by atoms with Gasteiger partial charge in [0.1, 0.15) is 18.4 Å². The van der Waals surface area contributed by atoms with E-state index in [4.69, 9.17) is 9.47 Å². The lowest BCUT2D eigenvalue weighted by Crippen LogP contribution is -2.51. The molecule has 6 nitrogen and oxygen atoms in total. The summed E-state index contributed by atoms with van der Waals surface area (Å²) >= 11 is 0. The molecule has 0 saturated carbocycles. The molecule has 0 radical (unpaired) electrons. The van der Waals surface area contributed by atoms with Gasteiger partial charge in [-0.3, -0.25) is 9.69 Å². The average Bonchev–Trinajstić information content (AvgIpc) is 2.60. The minimum absolute atomic E-state index is 0.00854. The summed E-state index contributed by atoms with van der Waals surface area (Å²) in [7, 11) is 0. The minimum Gasteiger partial charge on any atom is -0.464 e. The lowest BCUT2D eigenvalue weighted by atomic mass is 10.0. The number of Topliss-reactive ketones (excluding diaryl/α,β-unsaturated/α-hetero) is 1. The van der Waals surface area contributed by atoms with Crippen molar-refractivity contribution < 1.29 is 23.9 Å². The lowest BCUT2D eigenvalue weighted by Gasteiger charge is -2.32. The van der Waals surface area contributed by atoms with Gasteiger partial charge in [0.2, 0.25) is 0 Å². The van der Waals surface area contributed by atoms with E-state index in [0.29, 0.717) is 6.61 Å². The maximum absolute atomic E-state index is 12.3. The monoisotopic (exact) mass is 333 g/mol. The van der Waals surface area contributed by atoms with Crippen molar-refractivity contribution >= 4 is 17.8 Å². The fourth-order valence-corrected chi connectivity index (χ4v) is 2.47. The molecule has 1 saturated heterocycles. The molecule has 0 bridgehead atoms. The van der Waals surface area contributed by atoms with E-state index in [1.165, 1.54) is 4.90 Å². The van der Waals surface area contributed by atoms with Crippen molar-refractivity contribution in [2.45, 2.75) is 45.3 Å². The van der Waals surface area contributed by atoms with Gasteiger partial charge in [0, 0.05) is 19.4 Å². The normalized spacial score (nSPS) is 17.5. The Morgan fingerprint density at radius 2 is 1.96 bits per heavy atom. The molecule has 1 unspecified atom stereocenters. The molecule has 0 N–H and O–H groups in total. The summed E-state index contributed by atoms with van der Waals surface area (Å²) in [6, 6.07) is 8.41. The minimum atomic E-state index is -0.883. The number of piperidine rings is 1. The van der Waals surface area contributed by atoms with Crippen molar-refractivity contribution in [1.29, 1.82) is 0 Å². The molecule has 130 valence electrons. The predicted octanol–water partition coefficient (Wildman–Crippen LogP) is 2.70. The Labute approximate surface area is 141 Å². The fourth-order valence-electron chi connectivity index (χ4n) is 2.47. The number of nitrogens with zero attached hydrogens (tertiary/aromatic N) is 1. The highest BCUT2D eigenvalue weighted by Crippen LogP contribution is 2.18. The number of benzene rings is 1. The number of hydrogen-bond acceptors (Lipinski definition) is 5. The smallest absolute Gasteiger partial charge is 0.410 e. The second-order valence-electron chi connectivity index (χ2n) is 5.76. The standard InChI is InChI=1S/C18H23NO5/c1-2-3-11-23-17(21)16-12-15(20)9-10-19(16)18(22)24-13-14-7-5-4-6-8-14/h4-8,16H,2-3,9-13H2,1H3. The molecule has 0 aromatic heterocycles. The van der Waals surface area contributed by atoms with Crippen molar-refractivity contribution in [3.63, 3.8) is 0 Å². The topological polar surface area (TPSA) is 72.9 Å². The molecule has 1 fully saturated rings. The van der Waals surface area contributed by atoms with Crippen molar-refractivity contribution in [2.75, 3.05) is 13.2 Å². The third-order valence-electron chi connectivity index (χ3n) is 3.88. The van der Waals surface area contributed by atoms with Gasteiger partial charge in [-0.15, -0.1) is 0 Å². The maximum Gasteiger partial charge on any atom is 0.410 e. The Bertz CT molecular complexity index is 572. The predicted molar refractivity (Wildman–Crippen MR) is 87.2 cm³/mol. The number of carbonyl (C=O) groups excluding carboxylic acids is 3. The van der Waals surface area contributed by atoms with Gasteiger partial charge < -0.3 is 9.47 Å². The molecule has 24 heavy (non-hydrogen) atoms. The van der Waals surface area contributed by atoms with Gasteiger partial charge in [0.05, 0.1) is 6.61 Å². The molecule has 1 aliphatic heterocycles. The van der Waals surface area contributed by atoms with Gasteiger partial charge >= 0.3 is 12.1 Å². The van der Waals surface area contributed by atoms with E-state index in [0.717, 1.165) is 18.4 Å². The molecule has 2 rings (SSSR count). The first kappa shape index (κ1) is 18.0. The first-order valence-corrected chi connectivity index (χ1v) is 8.27. The molecule has 1 heterocycles. The third kappa shape index (κ3) is 5.08. The molecule has 0 aliphatic carbocycles. The van der Waals surface area contributed by atoms with Crippen LogP contribution in [0, 0.1) is 0 Å². The second kappa shape index (κ2) is 9.05. The quantitative estimate of drug-likeness (QED) is 0.591. The Morgan fingerprint density at radius 1 is 1.21 bits per heavy atom. The molecule has 1 amide bonds. The van der Waals surface area contributed by atoms with Crippen LogP contribution in [0.4, 0.5) is 4.79 Å². The van der Waals surface area contributed by atoms with Crippen LogP contribution in [0.25, 0.3) is 0 Å². The summed E-state index contributed by atoms with van der Waals surface area (Å²) in [5, 5.41) is 0. The first-order chi connectivity index (χ1) is 11.6. The molecule has 1 aliphatic rings. The Hall–Kier alpha value is -2.37. The maximum atomic E-state index is 12.3. The highest BCUT2D eigenvalue weighted by molar-refractivity contribution is 5.91. The number of ether oxygens (including phenoxy) is 2. The molecule has 0 spiro atoms. The third-order valence-corrected chi connectivity index (χ3v) is 3.88. The van der Waals surface area contributed by atoms with E-state index >= 15 is 0 Å². The summed E-state index contributed by atoms with van der Waals surface area (Å²) < 4.78 is 10.4. The molecular formula is C18H23NO5.